The van der Waals surface area contributed by atoms with Gasteiger partial charge in [0.1, 0.15) is 11.8 Å². The van der Waals surface area contributed by atoms with Crippen molar-refractivity contribution in [2.24, 2.45) is 5.92 Å². The van der Waals surface area contributed by atoms with Gasteiger partial charge in [-0.05, 0) is 42.0 Å². The van der Waals surface area contributed by atoms with Gasteiger partial charge in [0.15, 0.2) is 6.61 Å². The van der Waals surface area contributed by atoms with Crippen LogP contribution in [0.4, 0.5) is 0 Å². The summed E-state index contributed by atoms with van der Waals surface area (Å²) in [6.07, 6.45) is 0. The molecule has 0 unspecified atom stereocenters. The van der Waals surface area contributed by atoms with E-state index in [2.05, 4.69) is 5.32 Å². The number of hydrogen-bond acceptors (Lipinski definition) is 3. The van der Waals surface area contributed by atoms with Gasteiger partial charge in [0.25, 0.3) is 5.91 Å². The van der Waals surface area contributed by atoms with Crippen LogP contribution in [-0.2, 0) is 16.1 Å². The molecule has 0 aliphatic rings. The van der Waals surface area contributed by atoms with Crippen LogP contribution in [0.2, 0.25) is 5.02 Å². The van der Waals surface area contributed by atoms with Crippen molar-refractivity contribution in [1.29, 1.82) is 0 Å². The number of ether oxygens (including phenoxy) is 1. The molecule has 0 spiro atoms. The molecule has 168 valence electrons. The number of halogens is 1. The second-order valence-corrected chi connectivity index (χ2v) is 8.67. The molecule has 0 heterocycles. The van der Waals surface area contributed by atoms with Crippen molar-refractivity contribution in [3.63, 3.8) is 0 Å². The molecule has 0 aromatic heterocycles. The Hall–Kier alpha value is -3.05. The highest BCUT2D eigenvalue weighted by atomic mass is 35.5. The number of hydrogen-bond donors (Lipinski definition) is 1. The zero-order valence-electron chi connectivity index (χ0n) is 18.7. The van der Waals surface area contributed by atoms with E-state index in [4.69, 9.17) is 16.3 Å². The molecular weight excluding hydrogens is 424 g/mol. The Morgan fingerprint density at radius 1 is 0.969 bits per heavy atom. The van der Waals surface area contributed by atoms with Gasteiger partial charge in [-0.15, -0.1) is 0 Å². The fourth-order valence-corrected chi connectivity index (χ4v) is 3.49. The number of rotatable bonds is 9. The first-order valence-electron chi connectivity index (χ1n) is 10.8. The SMILES string of the molecule is CC(C)CNC(=O)[C@@H](C)N(Cc1ccc(Cl)cc1)C(=O)COc1cccc2ccccc12. The van der Waals surface area contributed by atoms with Gasteiger partial charge in [-0.25, -0.2) is 0 Å². The Morgan fingerprint density at radius 2 is 1.66 bits per heavy atom. The third-order valence-electron chi connectivity index (χ3n) is 5.22. The summed E-state index contributed by atoms with van der Waals surface area (Å²) in [6, 6.07) is 20.2. The van der Waals surface area contributed by atoms with Crippen LogP contribution in [0.1, 0.15) is 26.3 Å². The van der Waals surface area contributed by atoms with Crippen LogP contribution in [0.25, 0.3) is 10.8 Å². The zero-order chi connectivity index (χ0) is 23.1. The van der Waals surface area contributed by atoms with Crippen molar-refractivity contribution in [2.75, 3.05) is 13.2 Å². The van der Waals surface area contributed by atoms with E-state index in [0.29, 0.717) is 23.2 Å². The fraction of sp³-hybridized carbons (Fsp3) is 0.308. The molecule has 0 aliphatic carbocycles. The minimum Gasteiger partial charge on any atom is -0.483 e. The van der Waals surface area contributed by atoms with E-state index < -0.39 is 6.04 Å². The highest BCUT2D eigenvalue weighted by molar-refractivity contribution is 6.30. The summed E-state index contributed by atoms with van der Waals surface area (Å²) in [7, 11) is 0. The molecule has 3 rings (SSSR count). The van der Waals surface area contributed by atoms with E-state index in [-0.39, 0.29) is 25.0 Å². The molecule has 6 heteroatoms. The highest BCUT2D eigenvalue weighted by Gasteiger charge is 2.26. The van der Waals surface area contributed by atoms with Crippen LogP contribution < -0.4 is 10.1 Å². The molecule has 0 fully saturated rings. The van der Waals surface area contributed by atoms with Crippen molar-refractivity contribution in [3.05, 3.63) is 77.3 Å². The molecule has 2 amide bonds. The second-order valence-electron chi connectivity index (χ2n) is 8.23. The predicted octanol–water partition coefficient (Wildman–Crippen LogP) is 5.06. The van der Waals surface area contributed by atoms with Gasteiger partial charge in [-0.3, -0.25) is 9.59 Å². The maximum atomic E-state index is 13.2. The molecule has 1 N–H and O–H groups in total. The molecular formula is C26H29ClN2O3. The van der Waals surface area contributed by atoms with Gasteiger partial charge in [-0.2, -0.15) is 0 Å². The standard InChI is InChI=1S/C26H29ClN2O3/c1-18(2)15-28-26(31)19(3)29(16-20-11-13-22(27)14-12-20)25(30)17-32-24-10-6-8-21-7-4-5-9-23(21)24/h4-14,18-19H,15-17H2,1-3H3,(H,28,31)/t19-/m1/s1. The lowest BCUT2D eigenvalue weighted by Gasteiger charge is -2.29. The molecule has 32 heavy (non-hydrogen) atoms. The van der Waals surface area contributed by atoms with E-state index in [1.165, 1.54) is 0 Å². The van der Waals surface area contributed by atoms with E-state index in [0.717, 1.165) is 16.3 Å². The normalized spacial score (nSPS) is 11.9. The number of benzene rings is 3. The summed E-state index contributed by atoms with van der Waals surface area (Å²) in [6.45, 7) is 6.47. The number of amides is 2. The lowest BCUT2D eigenvalue weighted by molar-refractivity contribution is -0.142. The van der Waals surface area contributed by atoms with Gasteiger partial charge in [0.2, 0.25) is 5.91 Å². The Morgan fingerprint density at radius 3 is 2.38 bits per heavy atom. The summed E-state index contributed by atoms with van der Waals surface area (Å²) in [4.78, 5) is 27.5. The smallest absolute Gasteiger partial charge is 0.261 e. The maximum Gasteiger partial charge on any atom is 0.261 e. The summed E-state index contributed by atoms with van der Waals surface area (Å²) in [5.74, 6) is 0.507. The summed E-state index contributed by atoms with van der Waals surface area (Å²) < 4.78 is 5.90. The summed E-state index contributed by atoms with van der Waals surface area (Å²) in [5, 5.41) is 5.51. The van der Waals surface area contributed by atoms with Gasteiger partial charge >= 0.3 is 0 Å². The van der Waals surface area contributed by atoms with Crippen LogP contribution >= 0.6 is 11.6 Å². The van der Waals surface area contributed by atoms with Gasteiger partial charge in [0, 0.05) is 23.5 Å². The van der Waals surface area contributed by atoms with Gasteiger partial charge < -0.3 is 15.0 Å². The van der Waals surface area contributed by atoms with E-state index in [9.17, 15) is 9.59 Å². The molecule has 3 aromatic rings. The summed E-state index contributed by atoms with van der Waals surface area (Å²) in [5.41, 5.74) is 0.886. The van der Waals surface area contributed by atoms with Crippen LogP contribution in [0, 0.1) is 5.92 Å². The van der Waals surface area contributed by atoms with Gasteiger partial charge in [-0.1, -0.05) is 74.0 Å². The lowest BCUT2D eigenvalue weighted by Crippen LogP contribution is -2.49. The number of fused-ring (bicyclic) bond motifs is 1. The average Bonchev–Trinajstić information content (AvgIpc) is 2.80. The van der Waals surface area contributed by atoms with Crippen LogP contribution in [0.15, 0.2) is 66.7 Å². The first-order valence-corrected chi connectivity index (χ1v) is 11.1. The van der Waals surface area contributed by atoms with Crippen LogP contribution in [0.3, 0.4) is 0 Å². The quantitative estimate of drug-likeness (QED) is 0.493. The van der Waals surface area contributed by atoms with Gasteiger partial charge in [0.05, 0.1) is 0 Å². The fourth-order valence-electron chi connectivity index (χ4n) is 3.37. The topological polar surface area (TPSA) is 58.6 Å². The Kier molecular flexibility index (Phi) is 8.12. The summed E-state index contributed by atoms with van der Waals surface area (Å²) >= 11 is 6.00. The van der Waals surface area contributed by atoms with E-state index in [1.54, 1.807) is 24.0 Å². The first-order chi connectivity index (χ1) is 15.3. The van der Waals surface area contributed by atoms with Crippen molar-refractivity contribution in [1.82, 2.24) is 10.2 Å². The Balaban J connectivity index is 1.76. The van der Waals surface area contributed by atoms with Crippen LogP contribution in [-0.4, -0.2) is 35.9 Å². The van der Waals surface area contributed by atoms with Crippen molar-refractivity contribution >= 4 is 34.2 Å². The molecule has 0 saturated heterocycles. The number of nitrogens with one attached hydrogen (secondary N) is 1. The lowest BCUT2D eigenvalue weighted by atomic mass is 10.1. The molecule has 0 radical (unpaired) electrons. The molecule has 1 atom stereocenters. The van der Waals surface area contributed by atoms with Crippen molar-refractivity contribution < 1.29 is 14.3 Å². The Bertz CT molecular complexity index is 1060. The minimum absolute atomic E-state index is 0.163. The van der Waals surface area contributed by atoms with E-state index >= 15 is 0 Å². The monoisotopic (exact) mass is 452 g/mol. The molecule has 0 aliphatic heterocycles. The van der Waals surface area contributed by atoms with E-state index in [1.807, 2.05) is 68.4 Å². The van der Waals surface area contributed by atoms with Crippen molar-refractivity contribution in [3.8, 4) is 5.75 Å². The molecule has 3 aromatic carbocycles. The maximum absolute atomic E-state index is 13.2. The largest absolute Gasteiger partial charge is 0.483 e. The van der Waals surface area contributed by atoms with Crippen molar-refractivity contribution in [2.45, 2.75) is 33.4 Å². The third kappa shape index (κ3) is 6.24. The number of carbonyl (C=O) groups excluding carboxylic acids is 2. The molecule has 5 nitrogen and oxygen atoms in total. The van der Waals surface area contributed by atoms with Crippen LogP contribution in [0.5, 0.6) is 5.75 Å². The minimum atomic E-state index is -0.645. The third-order valence-corrected chi connectivity index (χ3v) is 5.47. The predicted molar refractivity (Wildman–Crippen MR) is 129 cm³/mol. The highest BCUT2D eigenvalue weighted by Crippen LogP contribution is 2.25. The Labute approximate surface area is 194 Å². The molecule has 0 saturated carbocycles. The molecule has 0 bridgehead atoms. The average molecular weight is 453 g/mol. The zero-order valence-corrected chi connectivity index (χ0v) is 19.4. The first kappa shape index (κ1) is 23.6. The second kappa shape index (κ2) is 11.0. The number of nitrogens with zero attached hydrogens (tertiary/aromatic N) is 1. The number of carbonyl (C=O) groups is 2.